The Kier molecular flexibility index (Phi) is 42.0. The van der Waals surface area contributed by atoms with E-state index in [0.29, 0.717) is 192 Å². The molecule has 0 N–H and O–H groups in total. The predicted molar refractivity (Wildman–Crippen MR) is 294 cm³/mol. The van der Waals surface area contributed by atoms with Crippen molar-refractivity contribution >= 4 is 36.9 Å². The Bertz CT molecular complexity index is 1760. The molecule has 3 rings (SSSR count). The van der Waals surface area contributed by atoms with Gasteiger partial charge in [0.2, 0.25) is 0 Å². The average molecular weight is 1100 g/mol. The van der Waals surface area contributed by atoms with E-state index in [2.05, 4.69) is 0 Å². The summed E-state index contributed by atoms with van der Waals surface area (Å²) in [6, 6.07) is 18.3. The summed E-state index contributed by atoms with van der Waals surface area (Å²) in [6.45, 7) is 10.6. The van der Waals surface area contributed by atoms with Gasteiger partial charge in [-0.2, -0.15) is 0 Å². The molecule has 0 bridgehead atoms. The standard InChI is InChI=1S/C58H86O20/c1-61-17-21-65-25-29-69-33-37-73-45-55(46-74-38-34-70-30-26-66-22-18-62-2)77-57-41-54(16-14-50-7-11-52(44-60)12-8-50)58(42-53(57)15-13-49-5-9-51(43-59)10-6-49)78-56(47-75-39-35-71-31-27-67-23-19-63-3)48-76-40-36-72-32-28-68-24-20-64-4/h5-16,41-44,55-56H,17-40,45-48H2,1-4H3/b15-13+,16-14+. The molecule has 0 saturated carbocycles. The lowest BCUT2D eigenvalue weighted by Gasteiger charge is -2.24. The number of ether oxygens (including phenoxy) is 18. The number of hydrogen-bond acceptors (Lipinski definition) is 20. The molecule has 78 heavy (non-hydrogen) atoms. The Balaban J connectivity index is 1.97. The van der Waals surface area contributed by atoms with E-state index >= 15 is 0 Å². The van der Waals surface area contributed by atoms with Crippen LogP contribution in [0.3, 0.4) is 0 Å². The monoisotopic (exact) mass is 1100 g/mol. The normalized spacial score (nSPS) is 11.8. The number of carbonyl (C=O) groups excluding carboxylic acids is 2. The first kappa shape index (κ1) is 67.7. The Morgan fingerprint density at radius 3 is 0.744 bits per heavy atom. The lowest BCUT2D eigenvalue weighted by Crippen LogP contribution is -2.31. The summed E-state index contributed by atoms with van der Waals surface area (Å²) < 4.78 is 103. The summed E-state index contributed by atoms with van der Waals surface area (Å²) >= 11 is 0. The number of benzene rings is 3. The Morgan fingerprint density at radius 2 is 0.513 bits per heavy atom. The van der Waals surface area contributed by atoms with Crippen LogP contribution in [-0.4, -0.2) is 238 Å². The van der Waals surface area contributed by atoms with Gasteiger partial charge in [-0.25, -0.2) is 0 Å². The highest BCUT2D eigenvalue weighted by Crippen LogP contribution is 2.34. The fourth-order valence-electron chi connectivity index (χ4n) is 6.58. The smallest absolute Gasteiger partial charge is 0.150 e. The zero-order chi connectivity index (χ0) is 55.6. The lowest BCUT2D eigenvalue weighted by molar-refractivity contribution is -0.0415. The van der Waals surface area contributed by atoms with E-state index < -0.39 is 12.2 Å². The minimum absolute atomic E-state index is 0.163. The van der Waals surface area contributed by atoms with Crippen LogP contribution in [0, 0.1) is 0 Å². The molecule has 0 aliphatic rings. The first-order chi connectivity index (χ1) is 38.5. The van der Waals surface area contributed by atoms with Gasteiger partial charge in [-0.05, 0) is 23.3 Å². The average Bonchev–Trinajstić information content (AvgIpc) is 3.47. The van der Waals surface area contributed by atoms with Crippen LogP contribution >= 0.6 is 0 Å². The second kappa shape index (κ2) is 48.4. The van der Waals surface area contributed by atoms with Crippen LogP contribution in [0.2, 0.25) is 0 Å². The zero-order valence-electron chi connectivity index (χ0n) is 46.4. The molecule has 3 aromatic carbocycles. The first-order valence-electron chi connectivity index (χ1n) is 26.4. The Labute approximate surface area is 461 Å². The molecule has 438 valence electrons. The van der Waals surface area contributed by atoms with Gasteiger partial charge in [0.1, 0.15) is 36.3 Å². The number of hydrogen-bond donors (Lipinski definition) is 0. The molecular formula is C58H86O20. The molecule has 20 nitrogen and oxygen atoms in total. The van der Waals surface area contributed by atoms with E-state index in [4.69, 9.17) is 85.3 Å². The maximum absolute atomic E-state index is 11.5. The molecule has 0 aliphatic heterocycles. The van der Waals surface area contributed by atoms with Crippen molar-refractivity contribution in [3.05, 3.63) is 94.0 Å². The third-order valence-corrected chi connectivity index (χ3v) is 10.7. The largest absolute Gasteiger partial charge is 0.485 e. The van der Waals surface area contributed by atoms with Crippen LogP contribution in [-0.2, 0) is 75.8 Å². The van der Waals surface area contributed by atoms with Crippen LogP contribution in [0.4, 0.5) is 0 Å². The SMILES string of the molecule is COCCOCCOCCOCC(COCCOCCOCCOC)Oc1cc(/C=C/c2ccc(C=O)cc2)c(OC(COCCOCCOCCOC)COCCOCCOCCOC)cc1/C=C/c1ccc(C=O)cc1. The van der Waals surface area contributed by atoms with Crippen molar-refractivity contribution in [3.63, 3.8) is 0 Å². The van der Waals surface area contributed by atoms with Crippen molar-refractivity contribution in [1.82, 2.24) is 0 Å². The van der Waals surface area contributed by atoms with Crippen molar-refractivity contribution in [3.8, 4) is 11.5 Å². The van der Waals surface area contributed by atoms with Crippen LogP contribution in [0.5, 0.6) is 11.5 Å². The Morgan fingerprint density at radius 1 is 0.295 bits per heavy atom. The van der Waals surface area contributed by atoms with Gasteiger partial charge in [-0.1, -0.05) is 72.8 Å². The van der Waals surface area contributed by atoms with Gasteiger partial charge >= 0.3 is 0 Å². The van der Waals surface area contributed by atoms with Gasteiger partial charge in [0, 0.05) is 50.7 Å². The van der Waals surface area contributed by atoms with Gasteiger partial charge in [0.05, 0.1) is 185 Å². The molecule has 0 atom stereocenters. The first-order valence-corrected chi connectivity index (χ1v) is 26.4. The molecular weight excluding hydrogens is 1020 g/mol. The van der Waals surface area contributed by atoms with Crippen LogP contribution in [0.1, 0.15) is 43.0 Å². The summed E-state index contributed by atoms with van der Waals surface area (Å²) in [5.74, 6) is 1.00. The predicted octanol–water partition coefficient (Wildman–Crippen LogP) is 5.93. The van der Waals surface area contributed by atoms with Crippen LogP contribution in [0.15, 0.2) is 60.7 Å². The van der Waals surface area contributed by atoms with E-state index in [-0.39, 0.29) is 26.4 Å². The molecule has 0 radical (unpaired) electrons. The highest BCUT2D eigenvalue weighted by Gasteiger charge is 2.20. The lowest BCUT2D eigenvalue weighted by atomic mass is 10.0. The van der Waals surface area contributed by atoms with Crippen LogP contribution in [0.25, 0.3) is 24.3 Å². The fraction of sp³-hybridized carbons (Fsp3) is 0.586. The summed E-state index contributed by atoms with van der Waals surface area (Å²) in [5, 5.41) is 0. The second-order valence-electron chi connectivity index (χ2n) is 16.8. The summed E-state index contributed by atoms with van der Waals surface area (Å²) in [5.41, 5.74) is 4.14. The second-order valence-corrected chi connectivity index (χ2v) is 16.8. The van der Waals surface area contributed by atoms with Gasteiger partial charge in [-0.3, -0.25) is 9.59 Å². The minimum Gasteiger partial charge on any atom is -0.485 e. The van der Waals surface area contributed by atoms with Gasteiger partial charge < -0.3 is 85.3 Å². The van der Waals surface area contributed by atoms with Crippen molar-refractivity contribution in [1.29, 1.82) is 0 Å². The van der Waals surface area contributed by atoms with E-state index in [1.165, 1.54) is 0 Å². The van der Waals surface area contributed by atoms with Gasteiger partial charge in [0.15, 0.2) is 0 Å². The number of rotatable bonds is 54. The molecule has 0 saturated heterocycles. The number of aldehydes is 2. The third kappa shape index (κ3) is 34.4. The molecule has 0 aliphatic carbocycles. The maximum atomic E-state index is 11.5. The molecule has 0 spiro atoms. The molecule has 20 heteroatoms. The van der Waals surface area contributed by atoms with Crippen molar-refractivity contribution in [2.45, 2.75) is 12.2 Å². The molecule has 0 amide bonds. The topological polar surface area (TPSA) is 200 Å². The maximum Gasteiger partial charge on any atom is 0.150 e. The molecule has 0 heterocycles. The van der Waals surface area contributed by atoms with E-state index in [1.807, 2.05) is 60.7 Å². The van der Waals surface area contributed by atoms with Crippen LogP contribution < -0.4 is 9.47 Å². The van der Waals surface area contributed by atoms with Crippen molar-refractivity contribution < 1.29 is 94.9 Å². The molecule has 3 aromatic rings. The van der Waals surface area contributed by atoms with Crippen molar-refractivity contribution in [2.24, 2.45) is 0 Å². The third-order valence-electron chi connectivity index (χ3n) is 10.7. The van der Waals surface area contributed by atoms with Gasteiger partial charge in [-0.15, -0.1) is 0 Å². The van der Waals surface area contributed by atoms with E-state index in [0.717, 1.165) is 23.7 Å². The quantitative estimate of drug-likeness (QED) is 0.0365. The van der Waals surface area contributed by atoms with Crippen molar-refractivity contribution in [2.75, 3.05) is 213 Å². The number of carbonyl (C=O) groups is 2. The fourth-order valence-corrected chi connectivity index (χ4v) is 6.58. The summed E-state index contributed by atoms with van der Waals surface area (Å²) in [7, 11) is 6.51. The Hall–Kier alpha value is -4.56. The summed E-state index contributed by atoms with van der Waals surface area (Å²) in [4.78, 5) is 23.0. The summed E-state index contributed by atoms with van der Waals surface area (Å²) in [6.07, 6.45) is 8.11. The van der Waals surface area contributed by atoms with Gasteiger partial charge in [0.25, 0.3) is 0 Å². The molecule has 0 fully saturated rings. The zero-order valence-corrected chi connectivity index (χ0v) is 46.4. The number of methoxy groups -OCH3 is 4. The van der Waals surface area contributed by atoms with E-state index in [1.54, 1.807) is 52.7 Å². The molecule has 0 aromatic heterocycles. The molecule has 0 unspecified atom stereocenters. The highest BCUT2D eigenvalue weighted by atomic mass is 16.6. The highest BCUT2D eigenvalue weighted by molar-refractivity contribution is 5.81. The van der Waals surface area contributed by atoms with E-state index in [9.17, 15) is 9.59 Å². The minimum atomic E-state index is -0.592.